The summed E-state index contributed by atoms with van der Waals surface area (Å²) in [7, 11) is 0. The second-order valence-corrected chi connectivity index (χ2v) is 13.3. The van der Waals surface area contributed by atoms with Crippen LogP contribution < -0.4 is 0 Å². The van der Waals surface area contributed by atoms with Gasteiger partial charge in [0.25, 0.3) is 0 Å². The quantitative estimate of drug-likeness (QED) is 0.165. The molecular formula is C40H24N4Pt2S3. The molecule has 0 atom stereocenters. The number of pyridine rings is 4. The van der Waals surface area contributed by atoms with E-state index >= 15 is 0 Å². The second-order valence-electron chi connectivity index (χ2n) is 9.99. The molecule has 9 heteroatoms. The van der Waals surface area contributed by atoms with Crippen molar-refractivity contribution in [1.82, 2.24) is 19.9 Å². The molecule has 49 heavy (non-hydrogen) atoms. The normalized spacial score (nSPS) is 10.1. The third-order valence-corrected chi connectivity index (χ3v) is 10.1. The van der Waals surface area contributed by atoms with Crippen LogP contribution in [0.3, 0.4) is 0 Å². The molecule has 0 aliphatic rings. The third-order valence-electron chi connectivity index (χ3n) is 6.92. The van der Waals surface area contributed by atoms with E-state index in [0.717, 1.165) is 45.2 Å². The Labute approximate surface area is 326 Å². The Morgan fingerprint density at radius 2 is 0.918 bits per heavy atom. The maximum Gasteiger partial charge on any atom is 2.00 e. The Morgan fingerprint density at radius 3 is 1.45 bits per heavy atom. The first-order chi connectivity index (χ1) is 23.3. The second kappa shape index (κ2) is 18.1. The van der Waals surface area contributed by atoms with E-state index in [1.54, 1.807) is 41.3 Å². The maximum absolute atomic E-state index is 4.62. The minimum Gasteiger partial charge on any atom is -0.295 e. The van der Waals surface area contributed by atoms with E-state index < -0.39 is 0 Å². The van der Waals surface area contributed by atoms with Crippen molar-refractivity contribution in [3.05, 3.63) is 169 Å². The summed E-state index contributed by atoms with van der Waals surface area (Å²) in [5.41, 5.74) is 7.50. The van der Waals surface area contributed by atoms with Gasteiger partial charge in [0.2, 0.25) is 0 Å². The molecule has 7 aromatic heterocycles. The third kappa shape index (κ3) is 9.19. The molecule has 0 radical (unpaired) electrons. The van der Waals surface area contributed by atoms with Crippen LogP contribution in [0.1, 0.15) is 0 Å². The fourth-order valence-corrected chi connectivity index (χ4v) is 7.86. The number of aromatic nitrogens is 4. The largest absolute Gasteiger partial charge is 2.00 e. The molecule has 242 valence electrons. The Bertz CT molecular complexity index is 2040. The molecule has 0 bridgehead atoms. The van der Waals surface area contributed by atoms with Gasteiger partial charge in [0.1, 0.15) is 0 Å². The van der Waals surface area contributed by atoms with E-state index in [1.807, 2.05) is 137 Å². The molecule has 0 saturated carbocycles. The number of rotatable bonds is 4. The zero-order valence-corrected chi connectivity index (χ0v) is 32.5. The van der Waals surface area contributed by atoms with Crippen LogP contribution in [0.2, 0.25) is 0 Å². The fraction of sp³-hybridized carbons (Fsp3) is 0. The van der Waals surface area contributed by atoms with Crippen LogP contribution in [0.25, 0.3) is 64.0 Å². The first kappa shape index (κ1) is 36.3. The number of thiophene rings is 3. The van der Waals surface area contributed by atoms with Gasteiger partial charge in [-0.2, -0.15) is 0 Å². The van der Waals surface area contributed by atoms with Crippen molar-refractivity contribution < 1.29 is 42.1 Å². The van der Waals surface area contributed by atoms with E-state index in [9.17, 15) is 0 Å². The predicted molar refractivity (Wildman–Crippen MR) is 196 cm³/mol. The summed E-state index contributed by atoms with van der Waals surface area (Å²) in [4.78, 5) is 17.6. The van der Waals surface area contributed by atoms with Crippen LogP contribution in [-0.2, 0) is 42.1 Å². The summed E-state index contributed by atoms with van der Waals surface area (Å²) in [6, 6.07) is 50.4. The van der Waals surface area contributed by atoms with Crippen molar-refractivity contribution in [2.75, 3.05) is 0 Å². The summed E-state index contributed by atoms with van der Waals surface area (Å²) in [5.74, 6) is 0. The van der Waals surface area contributed by atoms with E-state index in [4.69, 9.17) is 0 Å². The molecule has 0 N–H and O–H groups in total. The van der Waals surface area contributed by atoms with Gasteiger partial charge < -0.3 is 0 Å². The van der Waals surface area contributed by atoms with Crippen LogP contribution in [0.4, 0.5) is 0 Å². The maximum atomic E-state index is 4.62. The standard InChI is InChI=1S/2C16H11N2.C8H2S3.2Pt/c1-3-10-17-15(8-1)13-6-5-7-14(12-13)16-9-2-4-11-18-16;1-2-7-13(8-3-1)14-10-6-11-16(18-14)15-9-4-5-12-17-15;1-3-9-7-5(1)6-2-4-10-8(6)11-7;;/h1-11H;1-7,9-12H;3-4H;;/q2*-1;-2;2*+2. The molecule has 9 aromatic rings. The SMILES string of the molecule is [Pt+2].[Pt+2].[c-]1c(-c2ccccn2)cccc1-c1ccccn1.[c-]1ccccc1-c1cccc(-c2ccccn2)n1.[c-]1csc2sc3sc[c-]c3c12. The smallest absolute Gasteiger partial charge is 0.295 e. The molecule has 0 amide bonds. The Morgan fingerprint density at radius 1 is 0.429 bits per heavy atom. The van der Waals surface area contributed by atoms with Gasteiger partial charge in [-0.25, -0.2) is 34.8 Å². The van der Waals surface area contributed by atoms with Crippen molar-refractivity contribution in [1.29, 1.82) is 0 Å². The summed E-state index contributed by atoms with van der Waals surface area (Å²) in [6.07, 6.45) is 5.35. The molecule has 0 unspecified atom stereocenters. The number of benzene rings is 2. The van der Waals surface area contributed by atoms with Crippen LogP contribution in [0, 0.1) is 24.3 Å². The van der Waals surface area contributed by atoms with Gasteiger partial charge in [-0.05, 0) is 36.0 Å². The molecule has 0 fully saturated rings. The van der Waals surface area contributed by atoms with Crippen LogP contribution >= 0.6 is 34.0 Å². The summed E-state index contributed by atoms with van der Waals surface area (Å²) in [5, 5.41) is 6.56. The molecule has 0 aliphatic carbocycles. The molecule has 2 aromatic carbocycles. The first-order valence-electron chi connectivity index (χ1n) is 14.7. The molecule has 4 nitrogen and oxygen atoms in total. The van der Waals surface area contributed by atoms with Gasteiger partial charge in [0.05, 0.1) is 11.4 Å². The van der Waals surface area contributed by atoms with Gasteiger partial charge in [-0.15, -0.1) is 60.2 Å². The van der Waals surface area contributed by atoms with E-state index in [1.165, 1.54) is 18.8 Å². The summed E-state index contributed by atoms with van der Waals surface area (Å²) < 4.78 is 2.76. The fourth-order valence-electron chi connectivity index (χ4n) is 4.71. The van der Waals surface area contributed by atoms with E-state index in [-0.39, 0.29) is 42.1 Å². The summed E-state index contributed by atoms with van der Waals surface area (Å²) in [6.45, 7) is 0. The zero-order chi connectivity index (χ0) is 31.7. The van der Waals surface area contributed by atoms with Crippen LogP contribution in [-0.4, -0.2) is 19.9 Å². The predicted octanol–water partition coefficient (Wildman–Crippen LogP) is 11.0. The average molecular weight is 1050 g/mol. The number of hydrogen-bond donors (Lipinski definition) is 0. The molecule has 9 rings (SSSR count). The molecule has 7 heterocycles. The van der Waals surface area contributed by atoms with Crippen molar-refractivity contribution in [3.63, 3.8) is 0 Å². The molecular weight excluding hydrogens is 1020 g/mol. The topological polar surface area (TPSA) is 51.6 Å². The Kier molecular flexibility index (Phi) is 13.5. The Balaban J connectivity index is 0.000000144. The average Bonchev–Trinajstić information content (AvgIpc) is 3.90. The summed E-state index contributed by atoms with van der Waals surface area (Å²) >= 11 is 5.38. The van der Waals surface area contributed by atoms with Gasteiger partial charge >= 0.3 is 42.1 Å². The number of fused-ring (bicyclic) bond motifs is 3. The van der Waals surface area contributed by atoms with Gasteiger partial charge in [-0.3, -0.25) is 42.0 Å². The van der Waals surface area contributed by atoms with Gasteiger partial charge in [-0.1, -0.05) is 72.4 Å². The first-order valence-corrected chi connectivity index (χ1v) is 17.3. The molecule has 0 aliphatic heterocycles. The van der Waals surface area contributed by atoms with Crippen molar-refractivity contribution in [3.8, 4) is 45.2 Å². The van der Waals surface area contributed by atoms with Crippen molar-refractivity contribution >= 4 is 52.8 Å². The van der Waals surface area contributed by atoms with Crippen molar-refractivity contribution in [2.24, 2.45) is 0 Å². The van der Waals surface area contributed by atoms with Gasteiger partial charge in [0, 0.05) is 30.0 Å². The minimum atomic E-state index is 0. The Hall–Kier alpha value is -3.96. The minimum absolute atomic E-state index is 0. The van der Waals surface area contributed by atoms with E-state index in [0.29, 0.717) is 0 Å². The monoisotopic (exact) mass is 1050 g/mol. The zero-order valence-electron chi connectivity index (χ0n) is 25.5. The van der Waals surface area contributed by atoms with Crippen LogP contribution in [0.5, 0.6) is 0 Å². The number of hydrogen-bond acceptors (Lipinski definition) is 7. The molecule has 0 saturated heterocycles. The number of nitrogens with zero attached hydrogens (tertiary/aromatic N) is 4. The molecule has 0 spiro atoms. The van der Waals surface area contributed by atoms with E-state index in [2.05, 4.69) is 44.2 Å². The van der Waals surface area contributed by atoms with Crippen LogP contribution in [0.15, 0.2) is 145 Å². The van der Waals surface area contributed by atoms with Crippen molar-refractivity contribution in [2.45, 2.75) is 0 Å². The van der Waals surface area contributed by atoms with Gasteiger partial charge in [0.15, 0.2) is 0 Å².